The van der Waals surface area contributed by atoms with Gasteiger partial charge in [-0.25, -0.2) is 0 Å². The molecular weight excluding hydrogens is 150 g/mol. The van der Waals surface area contributed by atoms with E-state index >= 15 is 0 Å². The number of rotatable bonds is 5. The largest absolute Gasteiger partial charge is 0.314 e. The molecule has 0 aromatic carbocycles. The highest BCUT2D eigenvalue weighted by atomic mass is 35.5. The first-order chi connectivity index (χ1) is 4.27. The van der Waals surface area contributed by atoms with Gasteiger partial charge in [-0.3, -0.25) is 0 Å². The second kappa shape index (κ2) is 9.21. The molecular formula is C7H18ClNO. The maximum Gasteiger partial charge on any atom is 0.0235 e. The molecule has 0 fully saturated rings. The molecule has 0 aromatic heterocycles. The van der Waals surface area contributed by atoms with E-state index in [9.17, 15) is 0 Å². The van der Waals surface area contributed by atoms with Crippen molar-refractivity contribution in [3.63, 3.8) is 0 Å². The Bertz CT molecular complexity index is 59.6. The summed E-state index contributed by atoms with van der Waals surface area (Å²) in [7, 11) is 1.69. The van der Waals surface area contributed by atoms with E-state index in [-0.39, 0.29) is 12.4 Å². The quantitative estimate of drug-likeness (QED) is 0.502. The number of halogens is 1. The fourth-order valence-corrected chi connectivity index (χ4v) is 0.767. The molecule has 0 rings (SSSR count). The lowest BCUT2D eigenvalue weighted by Crippen LogP contribution is -2.13. The van der Waals surface area contributed by atoms with Gasteiger partial charge in [-0.05, 0) is 6.42 Å². The van der Waals surface area contributed by atoms with Crippen LogP contribution in [0.4, 0.5) is 0 Å². The first-order valence-corrected chi connectivity index (χ1v) is 3.67. The first kappa shape index (κ1) is 12.8. The zero-order chi connectivity index (χ0) is 7.11. The molecule has 1 N–H and O–H groups in total. The van der Waals surface area contributed by atoms with Gasteiger partial charge >= 0.3 is 0 Å². The number of hydroxylamine groups is 2. The molecule has 0 unspecified atom stereocenters. The molecule has 0 aliphatic carbocycles. The van der Waals surface area contributed by atoms with E-state index in [4.69, 9.17) is 5.21 Å². The van der Waals surface area contributed by atoms with Crippen LogP contribution in [0.15, 0.2) is 0 Å². The summed E-state index contributed by atoms with van der Waals surface area (Å²) in [5.74, 6) is 0. The Morgan fingerprint density at radius 3 is 2.20 bits per heavy atom. The Morgan fingerprint density at radius 2 is 1.80 bits per heavy atom. The van der Waals surface area contributed by atoms with Gasteiger partial charge < -0.3 is 5.21 Å². The second-order valence-electron chi connectivity index (χ2n) is 2.44. The van der Waals surface area contributed by atoms with Gasteiger partial charge in [0.25, 0.3) is 0 Å². The molecule has 0 atom stereocenters. The van der Waals surface area contributed by atoms with Crippen molar-refractivity contribution in [3.8, 4) is 0 Å². The van der Waals surface area contributed by atoms with Crippen molar-refractivity contribution >= 4 is 12.4 Å². The lowest BCUT2D eigenvalue weighted by molar-refractivity contribution is -0.0655. The van der Waals surface area contributed by atoms with Gasteiger partial charge in [0.05, 0.1) is 0 Å². The molecule has 0 saturated heterocycles. The molecule has 0 bridgehead atoms. The highest BCUT2D eigenvalue weighted by molar-refractivity contribution is 5.85. The third-order valence-electron chi connectivity index (χ3n) is 1.34. The van der Waals surface area contributed by atoms with Crippen LogP contribution in [0.5, 0.6) is 0 Å². The molecule has 0 spiro atoms. The van der Waals surface area contributed by atoms with Crippen LogP contribution in [0, 0.1) is 0 Å². The third kappa shape index (κ3) is 11.1. The monoisotopic (exact) mass is 167 g/mol. The van der Waals surface area contributed by atoms with Gasteiger partial charge in [-0.1, -0.05) is 26.2 Å². The average molecular weight is 168 g/mol. The standard InChI is InChI=1S/C7H17NO.ClH/c1-3-4-5-6-7-8(2)9;/h9H,3-7H2,1-2H3;1H. The van der Waals surface area contributed by atoms with Crippen LogP contribution in [0.1, 0.15) is 32.6 Å². The minimum Gasteiger partial charge on any atom is -0.314 e. The van der Waals surface area contributed by atoms with Crippen molar-refractivity contribution in [2.45, 2.75) is 32.6 Å². The zero-order valence-electron chi connectivity index (χ0n) is 6.84. The summed E-state index contributed by atoms with van der Waals surface area (Å²) in [6, 6.07) is 0. The first-order valence-electron chi connectivity index (χ1n) is 3.67. The van der Waals surface area contributed by atoms with E-state index in [1.165, 1.54) is 24.3 Å². The summed E-state index contributed by atoms with van der Waals surface area (Å²) in [4.78, 5) is 0. The van der Waals surface area contributed by atoms with E-state index in [1.54, 1.807) is 7.05 Å². The molecule has 0 aliphatic heterocycles. The van der Waals surface area contributed by atoms with E-state index in [1.807, 2.05) is 0 Å². The van der Waals surface area contributed by atoms with Gasteiger partial charge in [0, 0.05) is 13.6 Å². The summed E-state index contributed by atoms with van der Waals surface area (Å²) in [6.45, 7) is 2.99. The van der Waals surface area contributed by atoms with Gasteiger partial charge in [0.15, 0.2) is 0 Å². The Labute approximate surface area is 69.6 Å². The summed E-state index contributed by atoms with van der Waals surface area (Å²) < 4.78 is 0. The van der Waals surface area contributed by atoms with Crippen LogP contribution in [-0.4, -0.2) is 23.9 Å². The lowest BCUT2D eigenvalue weighted by Gasteiger charge is -2.05. The van der Waals surface area contributed by atoms with Crippen LogP contribution in [0.3, 0.4) is 0 Å². The molecule has 10 heavy (non-hydrogen) atoms. The van der Waals surface area contributed by atoms with Gasteiger partial charge in [0.2, 0.25) is 0 Å². The summed E-state index contributed by atoms with van der Waals surface area (Å²) >= 11 is 0. The highest BCUT2D eigenvalue weighted by Gasteiger charge is 1.89. The maximum atomic E-state index is 8.69. The molecule has 0 aliphatic rings. The van der Waals surface area contributed by atoms with E-state index < -0.39 is 0 Å². The fraction of sp³-hybridized carbons (Fsp3) is 1.00. The number of hydrogen-bond acceptors (Lipinski definition) is 2. The summed E-state index contributed by atoms with van der Waals surface area (Å²) in [5.41, 5.74) is 0. The zero-order valence-corrected chi connectivity index (χ0v) is 7.65. The smallest absolute Gasteiger partial charge is 0.0235 e. The van der Waals surface area contributed by atoms with Crippen LogP contribution in [-0.2, 0) is 0 Å². The molecule has 0 heterocycles. The fourth-order valence-electron chi connectivity index (χ4n) is 0.767. The second-order valence-corrected chi connectivity index (χ2v) is 2.44. The maximum absolute atomic E-state index is 8.69. The molecule has 64 valence electrons. The van der Waals surface area contributed by atoms with Crippen LogP contribution < -0.4 is 0 Å². The predicted molar refractivity (Wildman–Crippen MR) is 45.8 cm³/mol. The number of unbranched alkanes of at least 4 members (excludes halogenated alkanes) is 3. The van der Waals surface area contributed by atoms with Crippen molar-refractivity contribution in [1.29, 1.82) is 0 Å². The number of hydrogen-bond donors (Lipinski definition) is 1. The Hall–Kier alpha value is 0.210. The van der Waals surface area contributed by atoms with Crippen molar-refractivity contribution in [2.75, 3.05) is 13.6 Å². The normalized spacial score (nSPS) is 9.60. The van der Waals surface area contributed by atoms with Gasteiger partial charge in [0.1, 0.15) is 0 Å². The molecule has 0 aromatic rings. The number of nitrogens with zero attached hydrogens (tertiary/aromatic N) is 1. The van der Waals surface area contributed by atoms with Gasteiger partial charge in [-0.15, -0.1) is 12.4 Å². The van der Waals surface area contributed by atoms with Crippen LogP contribution in [0.2, 0.25) is 0 Å². The van der Waals surface area contributed by atoms with Crippen LogP contribution >= 0.6 is 12.4 Å². The van der Waals surface area contributed by atoms with Crippen LogP contribution in [0.25, 0.3) is 0 Å². The third-order valence-corrected chi connectivity index (χ3v) is 1.34. The molecule has 2 nitrogen and oxygen atoms in total. The van der Waals surface area contributed by atoms with Crippen molar-refractivity contribution in [2.24, 2.45) is 0 Å². The summed E-state index contributed by atoms with van der Waals surface area (Å²) in [5, 5.41) is 9.93. The molecule has 3 heteroatoms. The molecule has 0 amide bonds. The lowest BCUT2D eigenvalue weighted by atomic mass is 10.2. The molecule has 0 saturated carbocycles. The SMILES string of the molecule is CCCCCCN(C)O.Cl. The van der Waals surface area contributed by atoms with Crippen molar-refractivity contribution < 1.29 is 5.21 Å². The van der Waals surface area contributed by atoms with E-state index in [2.05, 4.69) is 6.92 Å². The average Bonchev–Trinajstić information content (AvgIpc) is 1.80. The Morgan fingerprint density at radius 1 is 1.20 bits per heavy atom. The Kier molecular flexibility index (Phi) is 11.8. The van der Waals surface area contributed by atoms with Crippen molar-refractivity contribution in [3.05, 3.63) is 0 Å². The van der Waals surface area contributed by atoms with Crippen molar-refractivity contribution in [1.82, 2.24) is 5.06 Å². The van der Waals surface area contributed by atoms with E-state index in [0.29, 0.717) is 0 Å². The predicted octanol–water partition coefficient (Wildman–Crippen LogP) is 2.31. The Balaban J connectivity index is 0. The highest BCUT2D eigenvalue weighted by Crippen LogP contribution is 1.98. The van der Waals surface area contributed by atoms with Gasteiger partial charge in [-0.2, -0.15) is 5.06 Å². The minimum absolute atomic E-state index is 0. The molecule has 0 radical (unpaired) electrons. The van der Waals surface area contributed by atoms with E-state index in [0.717, 1.165) is 13.0 Å². The minimum atomic E-state index is 0. The summed E-state index contributed by atoms with van der Waals surface area (Å²) in [6.07, 6.45) is 4.89. The topological polar surface area (TPSA) is 23.5 Å².